The predicted octanol–water partition coefficient (Wildman–Crippen LogP) is 2.56. The van der Waals surface area contributed by atoms with Gasteiger partial charge in [-0.15, -0.1) is 0 Å². The van der Waals surface area contributed by atoms with Gasteiger partial charge in [-0.3, -0.25) is 4.79 Å². The highest BCUT2D eigenvalue weighted by atomic mass is 16.5. The van der Waals surface area contributed by atoms with E-state index in [4.69, 9.17) is 4.74 Å². The number of rotatable bonds is 4. The number of carbonyl (C=O) groups is 1. The first-order chi connectivity index (χ1) is 10.4. The summed E-state index contributed by atoms with van der Waals surface area (Å²) in [6.07, 6.45) is 5.33. The fourth-order valence-electron chi connectivity index (χ4n) is 3.27. The number of piperidine rings is 1. The maximum Gasteiger partial charge on any atom is 0.152 e. The van der Waals surface area contributed by atoms with Gasteiger partial charge in [0.15, 0.2) is 6.29 Å². The number of nitrogens with one attached hydrogen (secondary N) is 2. The van der Waals surface area contributed by atoms with E-state index in [0.29, 0.717) is 12.0 Å². The zero-order chi connectivity index (χ0) is 14.5. The van der Waals surface area contributed by atoms with Crippen molar-refractivity contribution in [2.45, 2.75) is 37.6 Å². The largest absolute Gasteiger partial charge is 0.382 e. The fraction of sp³-hybridized carbons (Fsp3) is 0.588. The number of hydrogen-bond acceptors (Lipinski definition) is 4. The Morgan fingerprint density at radius 3 is 2.62 bits per heavy atom. The molecule has 0 bridgehead atoms. The molecule has 0 saturated carbocycles. The number of hydrogen-bond donors (Lipinski definition) is 2. The van der Waals surface area contributed by atoms with E-state index in [9.17, 15) is 4.79 Å². The Balaban J connectivity index is 1.77. The molecule has 0 spiro atoms. The first-order valence-electron chi connectivity index (χ1n) is 8.01. The molecule has 0 unspecified atom stereocenters. The van der Waals surface area contributed by atoms with Crippen LogP contribution in [0.1, 0.15) is 47.5 Å². The van der Waals surface area contributed by atoms with E-state index in [2.05, 4.69) is 22.8 Å². The molecule has 2 aliphatic rings. The minimum atomic E-state index is 0.417. The zero-order valence-corrected chi connectivity index (χ0v) is 12.4. The summed E-state index contributed by atoms with van der Waals surface area (Å²) < 4.78 is 5.40. The summed E-state index contributed by atoms with van der Waals surface area (Å²) in [7, 11) is 0. The van der Waals surface area contributed by atoms with E-state index in [-0.39, 0.29) is 0 Å². The lowest BCUT2D eigenvalue weighted by Crippen LogP contribution is -2.29. The van der Waals surface area contributed by atoms with E-state index in [1.807, 2.05) is 6.07 Å². The molecule has 3 rings (SSSR count). The Labute approximate surface area is 126 Å². The molecule has 0 aromatic heterocycles. The van der Waals surface area contributed by atoms with Crippen molar-refractivity contribution in [2.75, 3.05) is 31.6 Å². The number of ether oxygens (including phenoxy) is 1. The van der Waals surface area contributed by atoms with Crippen LogP contribution in [0.5, 0.6) is 0 Å². The van der Waals surface area contributed by atoms with Crippen LogP contribution in [-0.4, -0.2) is 38.6 Å². The van der Waals surface area contributed by atoms with Crippen molar-refractivity contribution in [3.05, 3.63) is 29.3 Å². The molecule has 2 aliphatic heterocycles. The van der Waals surface area contributed by atoms with Crippen LogP contribution >= 0.6 is 0 Å². The van der Waals surface area contributed by atoms with Crippen molar-refractivity contribution in [3.63, 3.8) is 0 Å². The van der Waals surface area contributed by atoms with Crippen molar-refractivity contribution in [2.24, 2.45) is 0 Å². The zero-order valence-electron chi connectivity index (χ0n) is 12.4. The highest BCUT2D eigenvalue weighted by Gasteiger charge is 2.18. The number of anilines is 1. The minimum Gasteiger partial charge on any atom is -0.382 e. The molecule has 114 valence electrons. The summed E-state index contributed by atoms with van der Waals surface area (Å²) in [6.45, 7) is 3.79. The predicted molar refractivity (Wildman–Crippen MR) is 84.1 cm³/mol. The lowest BCUT2D eigenvalue weighted by molar-refractivity contribution is 0.0904. The van der Waals surface area contributed by atoms with Crippen LogP contribution in [0.2, 0.25) is 0 Å². The van der Waals surface area contributed by atoms with Crippen LogP contribution in [0.25, 0.3) is 0 Å². The SMILES string of the molecule is O=Cc1ccc(C2CCNCC2)cc1NC1CCOCC1. The molecule has 2 saturated heterocycles. The molecule has 0 atom stereocenters. The lowest BCUT2D eigenvalue weighted by atomic mass is 9.89. The first-order valence-corrected chi connectivity index (χ1v) is 8.01. The standard InChI is InChI=1S/C17H24N2O2/c20-12-15-2-1-14(13-3-7-18-8-4-13)11-17(15)19-16-5-9-21-10-6-16/h1-2,11-13,16,18-19H,3-10H2. The van der Waals surface area contributed by atoms with Crippen LogP contribution < -0.4 is 10.6 Å². The van der Waals surface area contributed by atoms with Crippen molar-refractivity contribution >= 4 is 12.0 Å². The van der Waals surface area contributed by atoms with Gasteiger partial charge in [-0.2, -0.15) is 0 Å². The summed E-state index contributed by atoms with van der Waals surface area (Å²) in [5, 5.41) is 6.95. The Bertz CT molecular complexity index is 478. The van der Waals surface area contributed by atoms with Gasteiger partial charge >= 0.3 is 0 Å². The molecule has 0 aliphatic carbocycles. The molecule has 2 fully saturated rings. The van der Waals surface area contributed by atoms with Crippen molar-refractivity contribution in [1.82, 2.24) is 5.32 Å². The van der Waals surface area contributed by atoms with Gasteiger partial charge in [0.1, 0.15) is 0 Å². The number of benzene rings is 1. The fourth-order valence-corrected chi connectivity index (χ4v) is 3.27. The maximum absolute atomic E-state index is 11.3. The molecule has 0 radical (unpaired) electrons. The van der Waals surface area contributed by atoms with Crippen molar-refractivity contribution in [3.8, 4) is 0 Å². The third-order valence-electron chi connectivity index (χ3n) is 4.60. The highest BCUT2D eigenvalue weighted by molar-refractivity contribution is 5.84. The van der Waals surface area contributed by atoms with Crippen LogP contribution in [-0.2, 0) is 4.74 Å². The van der Waals surface area contributed by atoms with Crippen LogP contribution in [0.4, 0.5) is 5.69 Å². The van der Waals surface area contributed by atoms with Gasteiger partial charge < -0.3 is 15.4 Å². The van der Waals surface area contributed by atoms with E-state index in [1.54, 1.807) is 0 Å². The molecule has 2 N–H and O–H groups in total. The maximum atomic E-state index is 11.3. The van der Waals surface area contributed by atoms with E-state index < -0.39 is 0 Å². The third-order valence-corrected chi connectivity index (χ3v) is 4.60. The summed E-state index contributed by atoms with van der Waals surface area (Å²) in [5.74, 6) is 0.613. The average Bonchev–Trinajstić information content (AvgIpc) is 2.56. The molecule has 1 aromatic carbocycles. The summed E-state index contributed by atoms with van der Waals surface area (Å²) in [5.41, 5.74) is 3.11. The van der Waals surface area contributed by atoms with E-state index in [0.717, 1.165) is 56.7 Å². The van der Waals surface area contributed by atoms with Crippen LogP contribution in [0.15, 0.2) is 18.2 Å². The van der Waals surface area contributed by atoms with Crippen LogP contribution in [0.3, 0.4) is 0 Å². The Hall–Kier alpha value is -1.39. The Morgan fingerprint density at radius 1 is 1.14 bits per heavy atom. The molecule has 2 heterocycles. The quantitative estimate of drug-likeness (QED) is 0.836. The van der Waals surface area contributed by atoms with Gasteiger partial charge in [0.05, 0.1) is 0 Å². The van der Waals surface area contributed by atoms with Crippen molar-refractivity contribution in [1.29, 1.82) is 0 Å². The van der Waals surface area contributed by atoms with Gasteiger partial charge in [0.25, 0.3) is 0 Å². The molecule has 21 heavy (non-hydrogen) atoms. The molecular formula is C17H24N2O2. The van der Waals surface area contributed by atoms with E-state index in [1.165, 1.54) is 18.4 Å². The summed E-state index contributed by atoms with van der Waals surface area (Å²) >= 11 is 0. The molecule has 0 amide bonds. The summed E-state index contributed by atoms with van der Waals surface area (Å²) in [6, 6.07) is 6.69. The minimum absolute atomic E-state index is 0.417. The first kappa shape index (κ1) is 14.5. The second-order valence-electron chi connectivity index (χ2n) is 6.02. The van der Waals surface area contributed by atoms with Crippen LogP contribution in [0, 0.1) is 0 Å². The van der Waals surface area contributed by atoms with Gasteiger partial charge in [0, 0.05) is 30.5 Å². The highest BCUT2D eigenvalue weighted by Crippen LogP contribution is 2.29. The molecule has 4 nitrogen and oxygen atoms in total. The van der Waals surface area contributed by atoms with Gasteiger partial charge in [0.2, 0.25) is 0 Å². The smallest absolute Gasteiger partial charge is 0.152 e. The molecule has 1 aromatic rings. The van der Waals surface area contributed by atoms with Gasteiger partial charge in [-0.05, 0) is 62.4 Å². The third kappa shape index (κ3) is 3.63. The van der Waals surface area contributed by atoms with Crippen molar-refractivity contribution < 1.29 is 9.53 Å². The molecule has 4 heteroatoms. The summed E-state index contributed by atoms with van der Waals surface area (Å²) in [4.78, 5) is 11.3. The normalized spacial score (nSPS) is 21.1. The number of carbonyl (C=O) groups excluding carboxylic acids is 1. The average molecular weight is 288 g/mol. The lowest BCUT2D eigenvalue weighted by Gasteiger charge is -2.27. The molecular weight excluding hydrogens is 264 g/mol. The number of aldehydes is 1. The second kappa shape index (κ2) is 7.05. The monoisotopic (exact) mass is 288 g/mol. The second-order valence-corrected chi connectivity index (χ2v) is 6.02. The Kier molecular flexibility index (Phi) is 4.88. The van der Waals surface area contributed by atoms with E-state index >= 15 is 0 Å². The van der Waals surface area contributed by atoms with Gasteiger partial charge in [-0.25, -0.2) is 0 Å². The Morgan fingerprint density at radius 2 is 1.90 bits per heavy atom. The topological polar surface area (TPSA) is 50.4 Å². The van der Waals surface area contributed by atoms with Gasteiger partial charge in [-0.1, -0.05) is 6.07 Å².